The Hall–Kier alpha value is -1.10. The van der Waals surface area contributed by atoms with E-state index in [9.17, 15) is 9.59 Å². The lowest BCUT2D eigenvalue weighted by atomic mass is 9.86. The average molecular weight is 173 g/mol. The van der Waals surface area contributed by atoms with Crippen molar-refractivity contribution in [2.45, 2.75) is 13.0 Å². The minimum atomic E-state index is -0.985. The van der Waals surface area contributed by atoms with Crippen LogP contribution in [0.2, 0.25) is 0 Å². The Balaban J connectivity index is 2.73. The van der Waals surface area contributed by atoms with Crippen molar-refractivity contribution >= 4 is 12.4 Å². The van der Waals surface area contributed by atoms with E-state index >= 15 is 0 Å². The average Bonchev–Trinajstić information content (AvgIpc) is 2.35. The van der Waals surface area contributed by atoms with E-state index in [0.717, 1.165) is 0 Å². The van der Waals surface area contributed by atoms with Gasteiger partial charge >= 0.3 is 5.97 Å². The smallest absolute Gasteiger partial charge is 0.313 e. The van der Waals surface area contributed by atoms with Gasteiger partial charge in [-0.05, 0) is 6.92 Å². The standard InChI is InChI=1S/C7H11NO4/c1-7(6(10)11)3-12-2-5(7)8-4-9/h4-5H,2-3H2,1H3,(H,8,9)(H,10,11). The van der Waals surface area contributed by atoms with Crippen LogP contribution in [0.25, 0.3) is 0 Å². The van der Waals surface area contributed by atoms with Crippen molar-refractivity contribution in [3.63, 3.8) is 0 Å². The summed E-state index contributed by atoms with van der Waals surface area (Å²) in [6.45, 7) is 1.97. The zero-order chi connectivity index (χ0) is 9.19. The largest absolute Gasteiger partial charge is 0.481 e. The molecular formula is C7H11NO4. The van der Waals surface area contributed by atoms with Crippen LogP contribution in [-0.2, 0) is 14.3 Å². The lowest BCUT2D eigenvalue weighted by molar-refractivity contribution is -0.148. The van der Waals surface area contributed by atoms with Crippen molar-refractivity contribution < 1.29 is 19.4 Å². The van der Waals surface area contributed by atoms with Gasteiger partial charge in [-0.25, -0.2) is 0 Å². The molecule has 0 aromatic heterocycles. The van der Waals surface area contributed by atoms with Gasteiger partial charge in [0.15, 0.2) is 0 Å². The van der Waals surface area contributed by atoms with Gasteiger partial charge in [0, 0.05) is 0 Å². The third kappa shape index (κ3) is 1.27. The first-order chi connectivity index (χ1) is 5.61. The molecule has 2 unspecified atom stereocenters. The highest BCUT2D eigenvalue weighted by atomic mass is 16.5. The van der Waals surface area contributed by atoms with Gasteiger partial charge in [0.25, 0.3) is 0 Å². The van der Waals surface area contributed by atoms with Gasteiger partial charge in [0.05, 0.1) is 19.3 Å². The van der Waals surface area contributed by atoms with Crippen LogP contribution >= 0.6 is 0 Å². The van der Waals surface area contributed by atoms with Crippen LogP contribution in [0.3, 0.4) is 0 Å². The van der Waals surface area contributed by atoms with Crippen molar-refractivity contribution in [2.24, 2.45) is 5.41 Å². The molecule has 1 amide bonds. The fraction of sp³-hybridized carbons (Fsp3) is 0.714. The molecule has 1 aliphatic heterocycles. The zero-order valence-electron chi connectivity index (χ0n) is 6.74. The van der Waals surface area contributed by atoms with Crippen molar-refractivity contribution in [1.29, 1.82) is 0 Å². The SMILES string of the molecule is CC1(C(=O)O)COCC1NC=O. The normalized spacial score (nSPS) is 34.6. The maximum Gasteiger partial charge on any atom is 0.313 e. The van der Waals surface area contributed by atoms with E-state index in [1.165, 1.54) is 0 Å². The van der Waals surface area contributed by atoms with Gasteiger partial charge in [-0.15, -0.1) is 0 Å². The quantitative estimate of drug-likeness (QED) is 0.549. The van der Waals surface area contributed by atoms with E-state index in [0.29, 0.717) is 6.41 Å². The Morgan fingerprint density at radius 2 is 2.50 bits per heavy atom. The van der Waals surface area contributed by atoms with Crippen LogP contribution in [0.5, 0.6) is 0 Å². The summed E-state index contributed by atoms with van der Waals surface area (Å²) in [6, 6.07) is -0.424. The minimum absolute atomic E-state index is 0.147. The molecule has 5 nitrogen and oxygen atoms in total. The Morgan fingerprint density at radius 1 is 1.83 bits per heavy atom. The second-order valence-corrected chi connectivity index (χ2v) is 3.07. The molecule has 68 valence electrons. The molecule has 0 spiro atoms. The predicted octanol–water partition coefficient (Wildman–Crippen LogP) is -0.778. The van der Waals surface area contributed by atoms with E-state index < -0.39 is 17.4 Å². The van der Waals surface area contributed by atoms with E-state index in [1.54, 1.807) is 6.92 Å². The number of carboxylic acids is 1. The van der Waals surface area contributed by atoms with E-state index in [4.69, 9.17) is 9.84 Å². The molecule has 5 heteroatoms. The second kappa shape index (κ2) is 3.10. The number of amides is 1. The number of carbonyl (C=O) groups is 2. The summed E-state index contributed by atoms with van der Waals surface area (Å²) < 4.78 is 4.98. The number of hydrogen-bond acceptors (Lipinski definition) is 3. The molecule has 1 fully saturated rings. The lowest BCUT2D eigenvalue weighted by Crippen LogP contribution is -2.47. The van der Waals surface area contributed by atoms with E-state index in [1.807, 2.05) is 0 Å². The molecule has 1 rings (SSSR count). The van der Waals surface area contributed by atoms with Gasteiger partial charge in [0.1, 0.15) is 5.41 Å². The summed E-state index contributed by atoms with van der Waals surface area (Å²) in [7, 11) is 0. The number of rotatable bonds is 3. The van der Waals surface area contributed by atoms with Gasteiger partial charge in [-0.2, -0.15) is 0 Å². The predicted molar refractivity (Wildman–Crippen MR) is 39.5 cm³/mol. The minimum Gasteiger partial charge on any atom is -0.481 e. The molecule has 1 saturated heterocycles. The van der Waals surface area contributed by atoms with Crippen molar-refractivity contribution in [3.05, 3.63) is 0 Å². The Bertz CT molecular complexity index is 206. The highest BCUT2D eigenvalue weighted by Crippen LogP contribution is 2.28. The molecule has 0 aliphatic carbocycles. The van der Waals surface area contributed by atoms with Crippen LogP contribution in [0, 0.1) is 5.41 Å². The van der Waals surface area contributed by atoms with Crippen molar-refractivity contribution in [2.75, 3.05) is 13.2 Å². The van der Waals surface area contributed by atoms with Gasteiger partial charge < -0.3 is 15.2 Å². The Kier molecular flexibility index (Phi) is 2.32. The van der Waals surface area contributed by atoms with Crippen LogP contribution in [0.15, 0.2) is 0 Å². The molecule has 2 atom stereocenters. The first kappa shape index (κ1) is 8.99. The molecular weight excluding hydrogens is 162 g/mol. The topological polar surface area (TPSA) is 75.6 Å². The van der Waals surface area contributed by atoms with Gasteiger partial charge in [0.2, 0.25) is 6.41 Å². The number of aliphatic carboxylic acids is 1. The number of carbonyl (C=O) groups excluding carboxylic acids is 1. The summed E-state index contributed by atoms with van der Waals surface area (Å²) in [4.78, 5) is 20.9. The number of carboxylic acid groups (broad SMARTS) is 1. The van der Waals surface area contributed by atoms with Gasteiger partial charge in [-0.1, -0.05) is 0 Å². The first-order valence-electron chi connectivity index (χ1n) is 3.62. The molecule has 1 heterocycles. The maximum atomic E-state index is 10.8. The Labute approximate surface area is 69.7 Å². The second-order valence-electron chi connectivity index (χ2n) is 3.07. The molecule has 0 saturated carbocycles. The zero-order valence-corrected chi connectivity index (χ0v) is 6.74. The van der Waals surface area contributed by atoms with Crippen molar-refractivity contribution in [1.82, 2.24) is 5.32 Å². The van der Waals surface area contributed by atoms with E-state index in [-0.39, 0.29) is 13.2 Å². The third-order valence-corrected chi connectivity index (χ3v) is 2.21. The number of ether oxygens (including phenoxy) is 1. The fourth-order valence-electron chi connectivity index (χ4n) is 1.20. The van der Waals surface area contributed by atoms with Gasteiger partial charge in [-0.3, -0.25) is 9.59 Å². The highest BCUT2D eigenvalue weighted by Gasteiger charge is 2.46. The molecule has 0 aromatic rings. The molecule has 0 bridgehead atoms. The molecule has 1 aliphatic rings. The fourth-order valence-corrected chi connectivity index (χ4v) is 1.20. The van der Waals surface area contributed by atoms with Crippen LogP contribution < -0.4 is 5.32 Å². The molecule has 2 N–H and O–H groups in total. The van der Waals surface area contributed by atoms with Crippen molar-refractivity contribution in [3.8, 4) is 0 Å². The summed E-state index contributed by atoms with van der Waals surface area (Å²) in [5, 5.41) is 11.3. The molecule has 0 aromatic carbocycles. The molecule has 12 heavy (non-hydrogen) atoms. The summed E-state index contributed by atoms with van der Waals surface area (Å²) >= 11 is 0. The Morgan fingerprint density at radius 3 is 3.00 bits per heavy atom. The molecule has 0 radical (unpaired) electrons. The maximum absolute atomic E-state index is 10.8. The van der Waals surface area contributed by atoms with Crippen LogP contribution in [0.4, 0.5) is 0 Å². The number of nitrogens with one attached hydrogen (secondary N) is 1. The van der Waals surface area contributed by atoms with Crippen LogP contribution in [0.1, 0.15) is 6.92 Å². The summed E-state index contributed by atoms with van der Waals surface area (Å²) in [5.74, 6) is -0.945. The van der Waals surface area contributed by atoms with E-state index in [2.05, 4.69) is 5.32 Å². The first-order valence-corrected chi connectivity index (χ1v) is 3.62. The third-order valence-electron chi connectivity index (χ3n) is 2.21. The lowest BCUT2D eigenvalue weighted by Gasteiger charge is -2.23. The summed E-state index contributed by atoms with van der Waals surface area (Å²) in [6.07, 6.45) is 0.501. The summed E-state index contributed by atoms with van der Waals surface area (Å²) in [5.41, 5.74) is -0.985. The monoisotopic (exact) mass is 173 g/mol. The van der Waals surface area contributed by atoms with Crippen LogP contribution in [-0.4, -0.2) is 36.7 Å². The highest BCUT2D eigenvalue weighted by molar-refractivity contribution is 5.76. The number of hydrogen-bond donors (Lipinski definition) is 2.